The number of benzene rings is 1. The Balaban J connectivity index is 2.24. The number of rotatable bonds is 7. The van der Waals surface area contributed by atoms with Crippen LogP contribution in [0.25, 0.3) is 10.9 Å². The van der Waals surface area contributed by atoms with E-state index in [0.717, 1.165) is 16.6 Å². The second-order valence-electron chi connectivity index (χ2n) is 6.29. The second kappa shape index (κ2) is 7.34. The third-order valence-electron chi connectivity index (χ3n) is 3.65. The summed E-state index contributed by atoms with van der Waals surface area (Å²) in [6.45, 7) is 5.71. The predicted octanol–water partition coefficient (Wildman–Crippen LogP) is 3.00. The zero-order valence-corrected chi connectivity index (χ0v) is 16.4. The van der Waals surface area contributed by atoms with Gasteiger partial charge in [-0.2, -0.15) is 12.7 Å². The van der Waals surface area contributed by atoms with Gasteiger partial charge in [-0.05, 0) is 36.1 Å². The highest BCUT2D eigenvalue weighted by Crippen LogP contribution is 2.26. The van der Waals surface area contributed by atoms with Crippen molar-refractivity contribution in [3.8, 4) is 0 Å². The quantitative estimate of drug-likeness (QED) is 0.774. The first-order chi connectivity index (χ1) is 10.7. The first-order valence-corrected chi connectivity index (χ1v) is 9.88. The molecule has 0 saturated carbocycles. The summed E-state index contributed by atoms with van der Waals surface area (Å²) in [4.78, 5) is 0. The maximum atomic E-state index is 11.8. The summed E-state index contributed by atoms with van der Waals surface area (Å²) in [5, 5.41) is 1.17. The smallest absolute Gasteiger partial charge is 0.278 e. The number of halogens is 1. The molecular formula is C16H24BrN3O2S. The van der Waals surface area contributed by atoms with E-state index in [4.69, 9.17) is 0 Å². The molecule has 1 heterocycles. The molecule has 0 bridgehead atoms. The van der Waals surface area contributed by atoms with Crippen molar-refractivity contribution in [2.45, 2.75) is 26.8 Å². The Kier molecular flexibility index (Phi) is 5.89. The largest absolute Gasteiger partial charge is 0.347 e. The lowest BCUT2D eigenvalue weighted by atomic mass is 10.1. The molecule has 5 nitrogen and oxygen atoms in total. The molecule has 0 atom stereocenters. The molecule has 1 aromatic carbocycles. The van der Waals surface area contributed by atoms with Crippen molar-refractivity contribution < 1.29 is 8.42 Å². The molecule has 0 aliphatic carbocycles. The van der Waals surface area contributed by atoms with Crippen LogP contribution in [-0.2, 0) is 23.2 Å². The number of nitrogens with one attached hydrogen (secondary N) is 1. The SMILES string of the molecule is CC(C)Cn1cc(CCNS(=O)(=O)N(C)C)c2cc(Br)ccc21. The van der Waals surface area contributed by atoms with Gasteiger partial charge in [0.15, 0.2) is 0 Å². The standard InChI is InChI=1S/C16H24BrN3O2S/c1-12(2)10-20-11-13(7-8-18-23(21,22)19(3)4)15-9-14(17)5-6-16(15)20/h5-6,9,11-12,18H,7-8,10H2,1-4H3. The van der Waals surface area contributed by atoms with E-state index < -0.39 is 10.2 Å². The molecule has 1 aromatic heterocycles. The lowest BCUT2D eigenvalue weighted by molar-refractivity contribution is 0.506. The van der Waals surface area contributed by atoms with E-state index in [-0.39, 0.29) is 0 Å². The zero-order chi connectivity index (χ0) is 17.2. The minimum atomic E-state index is -3.37. The monoisotopic (exact) mass is 401 g/mol. The van der Waals surface area contributed by atoms with E-state index in [0.29, 0.717) is 18.9 Å². The summed E-state index contributed by atoms with van der Waals surface area (Å²) in [6, 6.07) is 6.24. The van der Waals surface area contributed by atoms with E-state index in [2.05, 4.69) is 57.4 Å². The van der Waals surface area contributed by atoms with Crippen LogP contribution in [0, 0.1) is 5.92 Å². The van der Waals surface area contributed by atoms with Crippen molar-refractivity contribution in [1.29, 1.82) is 0 Å². The van der Waals surface area contributed by atoms with Gasteiger partial charge >= 0.3 is 0 Å². The van der Waals surface area contributed by atoms with Crippen molar-refractivity contribution in [2.24, 2.45) is 5.92 Å². The van der Waals surface area contributed by atoms with Gasteiger partial charge in [0.25, 0.3) is 10.2 Å². The maximum Gasteiger partial charge on any atom is 0.278 e. The summed E-state index contributed by atoms with van der Waals surface area (Å²) in [7, 11) is -0.331. The molecule has 0 radical (unpaired) electrons. The molecular weight excluding hydrogens is 378 g/mol. The molecule has 2 aromatic rings. The molecule has 0 aliphatic rings. The molecule has 7 heteroatoms. The molecule has 1 N–H and O–H groups in total. The van der Waals surface area contributed by atoms with Gasteiger partial charge in [0, 0.05) is 48.8 Å². The van der Waals surface area contributed by atoms with Gasteiger partial charge in [0.05, 0.1) is 0 Å². The van der Waals surface area contributed by atoms with Crippen LogP contribution < -0.4 is 4.72 Å². The summed E-state index contributed by atoms with van der Waals surface area (Å²) >= 11 is 3.52. The van der Waals surface area contributed by atoms with Gasteiger partial charge in [-0.3, -0.25) is 0 Å². The Morgan fingerprint density at radius 3 is 2.61 bits per heavy atom. The topological polar surface area (TPSA) is 54.3 Å². The number of hydrogen-bond acceptors (Lipinski definition) is 2. The summed E-state index contributed by atoms with van der Waals surface area (Å²) in [6.07, 6.45) is 2.80. The van der Waals surface area contributed by atoms with Crippen molar-refractivity contribution in [3.63, 3.8) is 0 Å². The van der Waals surface area contributed by atoms with Gasteiger partial charge in [-0.15, -0.1) is 0 Å². The fraction of sp³-hybridized carbons (Fsp3) is 0.500. The van der Waals surface area contributed by atoms with Gasteiger partial charge in [0.2, 0.25) is 0 Å². The second-order valence-corrected chi connectivity index (χ2v) is 9.18. The first kappa shape index (κ1) is 18.4. The Hall–Kier alpha value is -0.890. The molecule has 0 amide bonds. The van der Waals surface area contributed by atoms with E-state index in [1.807, 2.05) is 6.07 Å². The first-order valence-electron chi connectivity index (χ1n) is 7.65. The molecule has 2 rings (SSSR count). The molecule has 128 valence electrons. The van der Waals surface area contributed by atoms with Gasteiger partial charge in [-0.1, -0.05) is 29.8 Å². The van der Waals surface area contributed by atoms with Crippen molar-refractivity contribution in [3.05, 3.63) is 34.4 Å². The van der Waals surface area contributed by atoms with Crippen LogP contribution in [0.1, 0.15) is 19.4 Å². The fourth-order valence-corrected chi connectivity index (χ4v) is 3.51. The molecule has 0 saturated heterocycles. The van der Waals surface area contributed by atoms with Crippen LogP contribution in [0.2, 0.25) is 0 Å². The highest BCUT2D eigenvalue weighted by molar-refractivity contribution is 9.10. The normalized spacial score (nSPS) is 12.7. The highest BCUT2D eigenvalue weighted by Gasteiger charge is 2.14. The van der Waals surface area contributed by atoms with Crippen LogP contribution >= 0.6 is 15.9 Å². The van der Waals surface area contributed by atoms with Gasteiger partial charge in [-0.25, -0.2) is 4.72 Å². The zero-order valence-electron chi connectivity index (χ0n) is 14.0. The highest BCUT2D eigenvalue weighted by atomic mass is 79.9. The lowest BCUT2D eigenvalue weighted by Gasteiger charge is -2.11. The number of nitrogens with zero attached hydrogens (tertiary/aromatic N) is 2. The minimum absolute atomic E-state index is 0.383. The Morgan fingerprint density at radius 2 is 2.00 bits per heavy atom. The Labute approximate surface area is 147 Å². The lowest BCUT2D eigenvalue weighted by Crippen LogP contribution is -2.36. The van der Waals surface area contributed by atoms with E-state index in [1.165, 1.54) is 29.3 Å². The molecule has 23 heavy (non-hydrogen) atoms. The van der Waals surface area contributed by atoms with Crippen molar-refractivity contribution in [2.75, 3.05) is 20.6 Å². The van der Waals surface area contributed by atoms with E-state index >= 15 is 0 Å². The average molecular weight is 402 g/mol. The summed E-state index contributed by atoms with van der Waals surface area (Å²) in [5.41, 5.74) is 2.34. The molecule has 0 unspecified atom stereocenters. The third kappa shape index (κ3) is 4.56. The van der Waals surface area contributed by atoms with Crippen LogP contribution in [0.5, 0.6) is 0 Å². The molecule has 0 aliphatic heterocycles. The number of fused-ring (bicyclic) bond motifs is 1. The van der Waals surface area contributed by atoms with Crippen molar-refractivity contribution >= 4 is 37.0 Å². The molecule has 0 fully saturated rings. The van der Waals surface area contributed by atoms with E-state index in [9.17, 15) is 8.42 Å². The third-order valence-corrected chi connectivity index (χ3v) is 5.67. The van der Waals surface area contributed by atoms with E-state index in [1.54, 1.807) is 0 Å². The maximum absolute atomic E-state index is 11.8. The summed E-state index contributed by atoms with van der Waals surface area (Å²) in [5.74, 6) is 0.550. The number of hydrogen-bond donors (Lipinski definition) is 1. The molecule has 0 spiro atoms. The predicted molar refractivity (Wildman–Crippen MR) is 98.8 cm³/mol. The van der Waals surface area contributed by atoms with Crippen molar-refractivity contribution in [1.82, 2.24) is 13.6 Å². The van der Waals surface area contributed by atoms with Crippen LogP contribution in [0.4, 0.5) is 0 Å². The average Bonchev–Trinajstić information content (AvgIpc) is 2.75. The summed E-state index contributed by atoms with van der Waals surface area (Å²) < 4.78 is 30.7. The van der Waals surface area contributed by atoms with Crippen LogP contribution in [0.3, 0.4) is 0 Å². The fourth-order valence-electron chi connectivity index (χ4n) is 2.53. The number of aromatic nitrogens is 1. The Bertz CT molecular complexity index is 782. The van der Waals surface area contributed by atoms with Crippen LogP contribution in [0.15, 0.2) is 28.9 Å². The van der Waals surface area contributed by atoms with Gasteiger partial charge < -0.3 is 4.57 Å². The van der Waals surface area contributed by atoms with Crippen LogP contribution in [-0.4, -0.2) is 37.9 Å². The Morgan fingerprint density at radius 1 is 1.30 bits per heavy atom. The minimum Gasteiger partial charge on any atom is -0.347 e. The van der Waals surface area contributed by atoms with Gasteiger partial charge in [0.1, 0.15) is 0 Å².